The molecule has 0 bridgehead atoms. The van der Waals surface area contributed by atoms with Crippen molar-refractivity contribution >= 4 is 11.6 Å². The maximum Gasteiger partial charge on any atom is 0.273 e. The zero-order valence-corrected chi connectivity index (χ0v) is 12.5. The molecule has 0 aromatic heterocycles. The molecule has 2 aromatic carbocycles. The van der Waals surface area contributed by atoms with Crippen molar-refractivity contribution in [1.29, 1.82) is 0 Å². The van der Waals surface area contributed by atoms with Gasteiger partial charge in [-0.3, -0.25) is 4.79 Å². The maximum absolute atomic E-state index is 11.9. The second-order valence-electron chi connectivity index (χ2n) is 4.71. The van der Waals surface area contributed by atoms with Crippen molar-refractivity contribution in [1.82, 2.24) is 5.43 Å². The van der Waals surface area contributed by atoms with Gasteiger partial charge >= 0.3 is 0 Å². The SMILES string of the molecule is COc1ccc(C(C)=NNC(=O)C(O)c2ccccc2)cc1. The topological polar surface area (TPSA) is 70.9 Å². The van der Waals surface area contributed by atoms with Crippen LogP contribution in [0.1, 0.15) is 24.2 Å². The number of hydrogen-bond acceptors (Lipinski definition) is 4. The summed E-state index contributed by atoms with van der Waals surface area (Å²) in [7, 11) is 1.60. The molecule has 2 N–H and O–H groups in total. The predicted molar refractivity (Wildman–Crippen MR) is 84.7 cm³/mol. The first-order chi connectivity index (χ1) is 10.6. The van der Waals surface area contributed by atoms with E-state index in [2.05, 4.69) is 10.5 Å². The van der Waals surface area contributed by atoms with Crippen molar-refractivity contribution in [3.05, 3.63) is 65.7 Å². The third kappa shape index (κ3) is 3.93. The molecule has 1 atom stereocenters. The normalized spacial score (nSPS) is 12.6. The van der Waals surface area contributed by atoms with Crippen molar-refractivity contribution in [2.24, 2.45) is 5.10 Å². The van der Waals surface area contributed by atoms with Crippen molar-refractivity contribution in [2.75, 3.05) is 7.11 Å². The van der Waals surface area contributed by atoms with Gasteiger partial charge in [-0.15, -0.1) is 0 Å². The number of amides is 1. The highest BCUT2D eigenvalue weighted by atomic mass is 16.5. The number of carbonyl (C=O) groups is 1. The van der Waals surface area contributed by atoms with Crippen LogP contribution in [-0.2, 0) is 4.79 Å². The summed E-state index contributed by atoms with van der Waals surface area (Å²) >= 11 is 0. The minimum absolute atomic E-state index is 0.525. The predicted octanol–water partition coefficient (Wildman–Crippen LogP) is 2.27. The fourth-order valence-electron chi connectivity index (χ4n) is 1.88. The third-order valence-electron chi connectivity index (χ3n) is 3.21. The van der Waals surface area contributed by atoms with Gasteiger partial charge in [-0.1, -0.05) is 30.3 Å². The maximum atomic E-state index is 11.9. The number of hydrazone groups is 1. The Morgan fingerprint density at radius 3 is 2.36 bits per heavy atom. The highest BCUT2D eigenvalue weighted by Gasteiger charge is 2.16. The average molecular weight is 298 g/mol. The van der Waals surface area contributed by atoms with Gasteiger partial charge in [-0.05, 0) is 42.3 Å². The number of nitrogens with one attached hydrogen (secondary N) is 1. The van der Waals surface area contributed by atoms with Crippen molar-refractivity contribution in [3.63, 3.8) is 0 Å². The summed E-state index contributed by atoms with van der Waals surface area (Å²) < 4.78 is 5.08. The second-order valence-corrected chi connectivity index (χ2v) is 4.71. The number of rotatable bonds is 5. The zero-order chi connectivity index (χ0) is 15.9. The summed E-state index contributed by atoms with van der Waals surface area (Å²) in [6.07, 6.45) is -1.24. The van der Waals surface area contributed by atoms with Crippen LogP contribution in [0.5, 0.6) is 5.75 Å². The molecule has 0 heterocycles. The van der Waals surface area contributed by atoms with Crippen molar-refractivity contribution in [3.8, 4) is 5.75 Å². The van der Waals surface area contributed by atoms with Gasteiger partial charge in [0, 0.05) is 0 Å². The first-order valence-electron chi connectivity index (χ1n) is 6.83. The summed E-state index contributed by atoms with van der Waals surface area (Å²) in [6.45, 7) is 1.77. The van der Waals surface area contributed by atoms with Crippen LogP contribution in [0.25, 0.3) is 0 Å². The van der Waals surface area contributed by atoms with E-state index in [4.69, 9.17) is 4.74 Å². The lowest BCUT2D eigenvalue weighted by Gasteiger charge is -2.09. The summed E-state index contributed by atoms with van der Waals surface area (Å²) in [5, 5.41) is 14.0. The number of ether oxygens (including phenoxy) is 1. The van der Waals surface area contributed by atoms with E-state index < -0.39 is 12.0 Å². The molecule has 0 spiro atoms. The smallest absolute Gasteiger partial charge is 0.273 e. The lowest BCUT2D eigenvalue weighted by atomic mass is 10.1. The van der Waals surface area contributed by atoms with Gasteiger partial charge in [0.1, 0.15) is 5.75 Å². The van der Waals surface area contributed by atoms with Gasteiger partial charge in [0.2, 0.25) is 0 Å². The highest BCUT2D eigenvalue weighted by Crippen LogP contribution is 2.13. The highest BCUT2D eigenvalue weighted by molar-refractivity contribution is 5.99. The van der Waals surface area contributed by atoms with E-state index >= 15 is 0 Å². The quantitative estimate of drug-likeness (QED) is 0.657. The van der Waals surface area contributed by atoms with E-state index in [1.54, 1.807) is 38.3 Å². The number of hydrogen-bond donors (Lipinski definition) is 2. The van der Waals surface area contributed by atoms with E-state index in [0.717, 1.165) is 11.3 Å². The molecule has 1 unspecified atom stereocenters. The van der Waals surface area contributed by atoms with E-state index in [-0.39, 0.29) is 0 Å². The van der Waals surface area contributed by atoms with Crippen LogP contribution in [0.2, 0.25) is 0 Å². The Kier molecular flexibility index (Phi) is 5.27. The van der Waals surface area contributed by atoms with Gasteiger partial charge < -0.3 is 9.84 Å². The van der Waals surface area contributed by atoms with Gasteiger partial charge in [0.15, 0.2) is 6.10 Å². The van der Waals surface area contributed by atoms with Crippen LogP contribution in [0, 0.1) is 0 Å². The Labute approximate surface area is 129 Å². The molecule has 2 rings (SSSR count). The minimum atomic E-state index is -1.24. The lowest BCUT2D eigenvalue weighted by molar-refractivity contribution is -0.129. The molecule has 114 valence electrons. The van der Waals surface area contributed by atoms with Crippen LogP contribution in [-0.4, -0.2) is 23.8 Å². The monoisotopic (exact) mass is 298 g/mol. The standard InChI is InChI=1S/C17H18N2O3/c1-12(13-8-10-15(22-2)11-9-13)18-19-17(21)16(20)14-6-4-3-5-7-14/h3-11,16,20H,1-2H3,(H,19,21). The Hall–Kier alpha value is -2.66. The van der Waals surface area contributed by atoms with Crippen molar-refractivity contribution in [2.45, 2.75) is 13.0 Å². The first kappa shape index (κ1) is 15.7. The molecule has 0 aliphatic carbocycles. The third-order valence-corrected chi connectivity index (χ3v) is 3.21. The zero-order valence-electron chi connectivity index (χ0n) is 12.5. The molecule has 0 saturated carbocycles. The summed E-state index contributed by atoms with van der Waals surface area (Å²) in [5.74, 6) is 0.180. The fraction of sp³-hybridized carbons (Fsp3) is 0.176. The molecule has 1 amide bonds. The molecule has 0 aliphatic rings. The Bertz CT molecular complexity index is 651. The second kappa shape index (κ2) is 7.38. The van der Waals surface area contributed by atoms with Crippen LogP contribution in [0.4, 0.5) is 0 Å². The van der Waals surface area contributed by atoms with Crippen LogP contribution >= 0.6 is 0 Å². The molecule has 5 heteroatoms. The molecule has 0 aliphatic heterocycles. The molecule has 0 fully saturated rings. The Morgan fingerprint density at radius 1 is 1.14 bits per heavy atom. The van der Waals surface area contributed by atoms with Gasteiger partial charge in [-0.2, -0.15) is 5.10 Å². The molecular formula is C17H18N2O3. The summed E-state index contributed by atoms with van der Waals surface area (Å²) in [5.41, 5.74) is 4.39. The number of methoxy groups -OCH3 is 1. The van der Waals surface area contributed by atoms with Crippen LogP contribution in [0.3, 0.4) is 0 Å². The number of aliphatic hydroxyl groups excluding tert-OH is 1. The Balaban J connectivity index is 2.02. The summed E-state index contributed by atoms with van der Waals surface area (Å²) in [4.78, 5) is 11.9. The molecule has 0 radical (unpaired) electrons. The van der Waals surface area contributed by atoms with Crippen molar-refractivity contribution < 1.29 is 14.6 Å². The van der Waals surface area contributed by atoms with E-state index in [1.165, 1.54) is 0 Å². The number of carbonyl (C=O) groups excluding carboxylic acids is 1. The van der Waals surface area contributed by atoms with E-state index in [1.807, 2.05) is 30.3 Å². The first-order valence-corrected chi connectivity index (χ1v) is 6.83. The van der Waals surface area contributed by atoms with E-state index in [9.17, 15) is 9.90 Å². The van der Waals surface area contributed by atoms with Gasteiger partial charge in [-0.25, -0.2) is 5.43 Å². The molecule has 22 heavy (non-hydrogen) atoms. The minimum Gasteiger partial charge on any atom is -0.497 e. The molecule has 2 aromatic rings. The fourth-order valence-corrected chi connectivity index (χ4v) is 1.88. The van der Waals surface area contributed by atoms with Gasteiger partial charge in [0.25, 0.3) is 5.91 Å². The van der Waals surface area contributed by atoms with Crippen LogP contribution < -0.4 is 10.2 Å². The van der Waals surface area contributed by atoms with E-state index in [0.29, 0.717) is 11.3 Å². The molecule has 5 nitrogen and oxygen atoms in total. The average Bonchev–Trinajstić information content (AvgIpc) is 2.59. The Morgan fingerprint density at radius 2 is 1.77 bits per heavy atom. The summed E-state index contributed by atoms with van der Waals surface area (Å²) in [6, 6.07) is 16.0. The number of aliphatic hydroxyl groups is 1. The largest absolute Gasteiger partial charge is 0.497 e. The lowest BCUT2D eigenvalue weighted by Crippen LogP contribution is -2.26. The number of nitrogens with zero attached hydrogens (tertiary/aromatic N) is 1. The number of benzene rings is 2. The molecular weight excluding hydrogens is 280 g/mol. The van der Waals surface area contributed by atoms with Gasteiger partial charge in [0.05, 0.1) is 12.8 Å². The van der Waals surface area contributed by atoms with Crippen LogP contribution in [0.15, 0.2) is 59.7 Å². The molecule has 0 saturated heterocycles.